The van der Waals surface area contributed by atoms with E-state index in [1.165, 1.54) is 0 Å². The molecule has 1 heterocycles. The van der Waals surface area contributed by atoms with E-state index in [2.05, 4.69) is 5.32 Å². The maximum atomic E-state index is 10.8. The molecule has 1 atom stereocenters. The number of amides is 1. The molecule has 1 aliphatic rings. The second-order valence-corrected chi connectivity index (χ2v) is 3.46. The highest BCUT2D eigenvalue weighted by molar-refractivity contribution is 5.83. The van der Waals surface area contributed by atoms with Gasteiger partial charge in [-0.15, -0.1) is 0 Å². The van der Waals surface area contributed by atoms with Gasteiger partial charge in [0.1, 0.15) is 6.04 Å². The Balaban J connectivity index is 2.37. The summed E-state index contributed by atoms with van der Waals surface area (Å²) in [5.41, 5.74) is 4.96. The molecule has 4 N–H and O–H groups in total. The van der Waals surface area contributed by atoms with E-state index in [1.807, 2.05) is 29.3 Å². The number of carboxylic acid groups (broad SMARTS) is 1. The molecule has 1 amide bonds. The molecule has 0 bridgehead atoms. The van der Waals surface area contributed by atoms with Crippen molar-refractivity contribution in [2.24, 2.45) is 5.73 Å². The number of carbonyl (C=O) groups is 2. The summed E-state index contributed by atoms with van der Waals surface area (Å²) in [7, 11) is 0. The smallest absolute Gasteiger partial charge is 0.321 e. The molecule has 0 saturated heterocycles. The van der Waals surface area contributed by atoms with Gasteiger partial charge in [-0.05, 0) is 6.08 Å². The van der Waals surface area contributed by atoms with Gasteiger partial charge in [0.25, 0.3) is 0 Å². The van der Waals surface area contributed by atoms with E-state index < -0.39 is 17.9 Å². The Bertz CT molecular complexity index is 325. The number of nitrogens with two attached hydrogens (primary N) is 1. The predicted molar refractivity (Wildman–Crippen MR) is 58.2 cm³/mol. The zero-order valence-corrected chi connectivity index (χ0v) is 8.80. The van der Waals surface area contributed by atoms with Crippen molar-refractivity contribution in [1.82, 2.24) is 10.2 Å². The van der Waals surface area contributed by atoms with Crippen LogP contribution in [0.3, 0.4) is 0 Å². The van der Waals surface area contributed by atoms with Gasteiger partial charge in [0, 0.05) is 12.7 Å². The number of rotatable bonds is 6. The zero-order valence-electron chi connectivity index (χ0n) is 8.80. The van der Waals surface area contributed by atoms with E-state index in [4.69, 9.17) is 10.8 Å². The summed E-state index contributed by atoms with van der Waals surface area (Å²) in [6.07, 6.45) is 7.36. The predicted octanol–water partition coefficient (Wildman–Crippen LogP) is -0.752. The second kappa shape index (κ2) is 5.92. The van der Waals surface area contributed by atoms with Crippen LogP contribution in [-0.2, 0) is 9.59 Å². The standard InChI is InChI=1S/C10H15N3O3/c11-9(14)6-8(10(15)16)12-7-13-4-2-1-3-5-13/h1-4,8,12H,5-7H2,(H2,11,14)(H,15,16)/t8-/m0/s1. The van der Waals surface area contributed by atoms with Crippen molar-refractivity contribution in [3.8, 4) is 0 Å². The molecule has 0 unspecified atom stereocenters. The van der Waals surface area contributed by atoms with Gasteiger partial charge in [0.05, 0.1) is 13.1 Å². The first kappa shape index (κ1) is 12.3. The van der Waals surface area contributed by atoms with Gasteiger partial charge in [0.2, 0.25) is 5.91 Å². The SMILES string of the molecule is NC(=O)C[C@H](NCN1C=CC=CC1)C(=O)O. The van der Waals surface area contributed by atoms with Crippen LogP contribution in [0.1, 0.15) is 6.42 Å². The van der Waals surface area contributed by atoms with Crippen molar-refractivity contribution in [3.05, 3.63) is 24.4 Å². The number of allylic oxidation sites excluding steroid dienone is 2. The van der Waals surface area contributed by atoms with E-state index in [0.717, 1.165) is 0 Å². The number of primary amides is 1. The Morgan fingerprint density at radius 1 is 1.50 bits per heavy atom. The maximum Gasteiger partial charge on any atom is 0.321 e. The molecule has 6 heteroatoms. The lowest BCUT2D eigenvalue weighted by molar-refractivity contribution is -0.141. The Kier molecular flexibility index (Phi) is 4.53. The molecule has 6 nitrogen and oxygen atoms in total. The maximum absolute atomic E-state index is 10.8. The molecule has 0 aliphatic carbocycles. The van der Waals surface area contributed by atoms with Crippen LogP contribution in [0.15, 0.2) is 24.4 Å². The summed E-state index contributed by atoms with van der Waals surface area (Å²) in [6.45, 7) is 1.08. The lowest BCUT2D eigenvalue weighted by atomic mass is 10.2. The molecular weight excluding hydrogens is 210 g/mol. The first-order valence-corrected chi connectivity index (χ1v) is 4.91. The fourth-order valence-corrected chi connectivity index (χ4v) is 1.30. The van der Waals surface area contributed by atoms with Gasteiger partial charge in [0.15, 0.2) is 0 Å². The lowest BCUT2D eigenvalue weighted by Gasteiger charge is -2.23. The monoisotopic (exact) mass is 225 g/mol. The summed E-state index contributed by atoms with van der Waals surface area (Å²) in [5.74, 6) is -1.70. The Labute approximate surface area is 93.4 Å². The summed E-state index contributed by atoms with van der Waals surface area (Å²) >= 11 is 0. The van der Waals surface area contributed by atoms with E-state index >= 15 is 0 Å². The topological polar surface area (TPSA) is 95.7 Å². The number of aliphatic carboxylic acids is 1. The van der Waals surface area contributed by atoms with Crippen molar-refractivity contribution in [1.29, 1.82) is 0 Å². The number of carboxylic acids is 1. The molecular formula is C10H15N3O3. The normalized spacial score (nSPS) is 16.1. The fraction of sp³-hybridized carbons (Fsp3) is 0.400. The van der Waals surface area contributed by atoms with Crippen molar-refractivity contribution in [2.75, 3.05) is 13.2 Å². The van der Waals surface area contributed by atoms with E-state index in [9.17, 15) is 9.59 Å². The number of nitrogens with zero attached hydrogens (tertiary/aromatic N) is 1. The number of nitrogens with one attached hydrogen (secondary N) is 1. The molecule has 0 radical (unpaired) electrons. The highest BCUT2D eigenvalue weighted by Crippen LogP contribution is 1.98. The van der Waals surface area contributed by atoms with E-state index in [1.54, 1.807) is 0 Å². The minimum atomic E-state index is -1.07. The second-order valence-electron chi connectivity index (χ2n) is 3.46. The van der Waals surface area contributed by atoms with E-state index in [-0.39, 0.29) is 6.42 Å². The van der Waals surface area contributed by atoms with Crippen molar-refractivity contribution >= 4 is 11.9 Å². The van der Waals surface area contributed by atoms with Crippen molar-refractivity contribution in [2.45, 2.75) is 12.5 Å². The quantitative estimate of drug-likeness (QED) is 0.552. The first-order valence-electron chi connectivity index (χ1n) is 4.91. The van der Waals surface area contributed by atoms with Crippen LogP contribution in [0.25, 0.3) is 0 Å². The average Bonchev–Trinajstić information content (AvgIpc) is 2.25. The molecule has 1 aliphatic heterocycles. The summed E-state index contributed by atoms with van der Waals surface area (Å²) in [4.78, 5) is 23.3. The van der Waals surface area contributed by atoms with Gasteiger partial charge >= 0.3 is 5.97 Å². The van der Waals surface area contributed by atoms with Gasteiger partial charge in [-0.25, -0.2) is 0 Å². The van der Waals surface area contributed by atoms with Crippen LogP contribution < -0.4 is 11.1 Å². The third kappa shape index (κ3) is 4.14. The van der Waals surface area contributed by atoms with Crippen molar-refractivity contribution < 1.29 is 14.7 Å². The summed E-state index contributed by atoms with van der Waals surface area (Å²) < 4.78 is 0. The zero-order chi connectivity index (χ0) is 12.0. The molecule has 0 spiro atoms. The average molecular weight is 225 g/mol. The fourth-order valence-electron chi connectivity index (χ4n) is 1.30. The number of hydrogen-bond donors (Lipinski definition) is 3. The molecule has 0 saturated carbocycles. The molecule has 1 rings (SSSR count). The number of hydrogen-bond acceptors (Lipinski definition) is 4. The van der Waals surface area contributed by atoms with Crippen LogP contribution >= 0.6 is 0 Å². The van der Waals surface area contributed by atoms with E-state index in [0.29, 0.717) is 13.2 Å². The summed E-state index contributed by atoms with van der Waals surface area (Å²) in [6, 6.07) is -0.934. The highest BCUT2D eigenvalue weighted by atomic mass is 16.4. The molecule has 0 aromatic rings. The minimum absolute atomic E-state index is 0.206. The van der Waals surface area contributed by atoms with Crippen LogP contribution in [0.5, 0.6) is 0 Å². The number of carbonyl (C=O) groups excluding carboxylic acids is 1. The minimum Gasteiger partial charge on any atom is -0.480 e. The highest BCUT2D eigenvalue weighted by Gasteiger charge is 2.19. The molecule has 0 aromatic carbocycles. The Morgan fingerprint density at radius 2 is 2.25 bits per heavy atom. The van der Waals surface area contributed by atoms with Gasteiger partial charge < -0.3 is 15.7 Å². The van der Waals surface area contributed by atoms with Crippen LogP contribution in [0, 0.1) is 0 Å². The van der Waals surface area contributed by atoms with Crippen LogP contribution in [-0.4, -0.2) is 41.1 Å². The lowest BCUT2D eigenvalue weighted by Crippen LogP contribution is -2.44. The van der Waals surface area contributed by atoms with Crippen molar-refractivity contribution in [3.63, 3.8) is 0 Å². The van der Waals surface area contributed by atoms with Crippen LogP contribution in [0.4, 0.5) is 0 Å². The van der Waals surface area contributed by atoms with Crippen LogP contribution in [0.2, 0.25) is 0 Å². The third-order valence-corrected chi connectivity index (χ3v) is 2.13. The largest absolute Gasteiger partial charge is 0.480 e. The molecule has 16 heavy (non-hydrogen) atoms. The molecule has 0 aromatic heterocycles. The van der Waals surface area contributed by atoms with Gasteiger partial charge in [-0.1, -0.05) is 12.2 Å². The Hall–Kier alpha value is -1.82. The summed E-state index contributed by atoms with van der Waals surface area (Å²) in [5, 5.41) is 11.6. The molecule has 88 valence electrons. The Morgan fingerprint density at radius 3 is 2.75 bits per heavy atom. The molecule has 0 fully saturated rings. The first-order chi connectivity index (χ1) is 7.59. The van der Waals surface area contributed by atoms with Gasteiger partial charge in [-0.2, -0.15) is 0 Å². The third-order valence-electron chi connectivity index (χ3n) is 2.13. The van der Waals surface area contributed by atoms with Gasteiger partial charge in [-0.3, -0.25) is 14.9 Å².